The van der Waals surface area contributed by atoms with Gasteiger partial charge in [0.2, 0.25) is 0 Å². The largest absolute Gasteiger partial charge is 0.470 e. The van der Waals surface area contributed by atoms with Gasteiger partial charge in [0.15, 0.2) is 0 Å². The molecule has 0 radical (unpaired) electrons. The molecular weight excluding hydrogens is 136 g/mol. The smallest absolute Gasteiger partial charge is 0.0987 e. The minimum absolute atomic E-state index is 0.980. The Labute approximate surface area is 70.8 Å². The normalized spacial score (nSPS) is 8.55. The van der Waals surface area contributed by atoms with Crippen LogP contribution in [0.25, 0.3) is 0 Å². The number of allylic oxidation sites excluding steroid dienone is 3. The summed E-state index contributed by atoms with van der Waals surface area (Å²) in [6, 6.07) is 0. The second-order valence-corrected chi connectivity index (χ2v) is 2.14. The van der Waals surface area contributed by atoms with E-state index in [1.54, 1.807) is 6.26 Å². The van der Waals surface area contributed by atoms with Crippen molar-refractivity contribution in [2.24, 2.45) is 0 Å². The van der Waals surface area contributed by atoms with E-state index >= 15 is 0 Å². The molecule has 1 nitrogen and oxygen atoms in total. The first-order valence-corrected chi connectivity index (χ1v) is 4.10. The number of ether oxygens (including phenoxy) is 1. The lowest BCUT2D eigenvalue weighted by atomic mass is 10.3. The predicted molar refractivity (Wildman–Crippen MR) is 51.3 cm³/mol. The first-order chi connectivity index (χ1) is 5.18. The second-order valence-electron chi connectivity index (χ2n) is 2.14. The highest BCUT2D eigenvalue weighted by molar-refractivity contribution is 5.00. The standard InChI is InChI=1S/C8H14O.C2H6/c1-5-6-9-8(4)7(2)3;1-2/h5-6H,1-4H3;1-2H3/b6-5-;. The van der Waals surface area contributed by atoms with Crippen molar-refractivity contribution in [3.8, 4) is 0 Å². The molecule has 66 valence electrons. The van der Waals surface area contributed by atoms with Gasteiger partial charge in [0.25, 0.3) is 0 Å². The van der Waals surface area contributed by atoms with Crippen molar-refractivity contribution in [1.29, 1.82) is 0 Å². The van der Waals surface area contributed by atoms with E-state index < -0.39 is 0 Å². The fraction of sp³-hybridized carbons (Fsp3) is 0.600. The molecule has 0 amide bonds. The topological polar surface area (TPSA) is 9.23 Å². The average Bonchev–Trinajstić information content (AvgIpc) is 2.03. The molecule has 11 heavy (non-hydrogen) atoms. The van der Waals surface area contributed by atoms with Gasteiger partial charge in [-0.3, -0.25) is 0 Å². The third-order valence-corrected chi connectivity index (χ3v) is 1.09. The molecule has 0 aromatic heterocycles. The van der Waals surface area contributed by atoms with Crippen molar-refractivity contribution in [1.82, 2.24) is 0 Å². The Balaban J connectivity index is 0. The molecule has 0 bridgehead atoms. The Kier molecular flexibility index (Phi) is 10.9. The van der Waals surface area contributed by atoms with Crippen molar-refractivity contribution in [2.45, 2.75) is 41.5 Å². The van der Waals surface area contributed by atoms with E-state index in [4.69, 9.17) is 4.74 Å². The Bertz CT molecular complexity index is 128. The van der Waals surface area contributed by atoms with Crippen LogP contribution in [0.2, 0.25) is 0 Å². The molecule has 0 aliphatic rings. The molecule has 0 aliphatic heterocycles. The summed E-state index contributed by atoms with van der Waals surface area (Å²) in [6.45, 7) is 11.9. The summed E-state index contributed by atoms with van der Waals surface area (Å²) in [5, 5.41) is 0. The predicted octanol–water partition coefficient (Wildman–Crippen LogP) is 3.88. The quantitative estimate of drug-likeness (QED) is 0.551. The van der Waals surface area contributed by atoms with Gasteiger partial charge in [-0.05, 0) is 33.3 Å². The molecule has 0 N–H and O–H groups in total. The molecule has 0 saturated heterocycles. The first-order valence-electron chi connectivity index (χ1n) is 4.10. The Morgan fingerprint density at radius 2 is 1.55 bits per heavy atom. The van der Waals surface area contributed by atoms with Gasteiger partial charge in [-0.15, -0.1) is 0 Å². The molecule has 1 heteroatoms. The zero-order valence-electron chi connectivity index (χ0n) is 8.56. The van der Waals surface area contributed by atoms with Gasteiger partial charge >= 0.3 is 0 Å². The van der Waals surface area contributed by atoms with Crippen LogP contribution in [0, 0.1) is 0 Å². The summed E-state index contributed by atoms with van der Waals surface area (Å²) < 4.78 is 5.15. The van der Waals surface area contributed by atoms with E-state index in [9.17, 15) is 0 Å². The highest BCUT2D eigenvalue weighted by Gasteiger charge is 1.86. The lowest BCUT2D eigenvalue weighted by Crippen LogP contribution is -1.80. The molecule has 0 aliphatic carbocycles. The third-order valence-electron chi connectivity index (χ3n) is 1.09. The molecular formula is C10H20O. The first kappa shape index (κ1) is 12.9. The number of hydrogen-bond acceptors (Lipinski definition) is 1. The monoisotopic (exact) mass is 156 g/mol. The van der Waals surface area contributed by atoms with Crippen molar-refractivity contribution in [3.63, 3.8) is 0 Å². The summed E-state index contributed by atoms with van der Waals surface area (Å²) in [7, 11) is 0. The maximum Gasteiger partial charge on any atom is 0.0987 e. The molecule has 0 unspecified atom stereocenters. The lowest BCUT2D eigenvalue weighted by molar-refractivity contribution is 0.347. The number of hydrogen-bond donors (Lipinski definition) is 0. The van der Waals surface area contributed by atoms with Crippen LogP contribution in [0.15, 0.2) is 23.7 Å². The van der Waals surface area contributed by atoms with Crippen LogP contribution in [0.3, 0.4) is 0 Å². The van der Waals surface area contributed by atoms with Gasteiger partial charge in [0.05, 0.1) is 12.0 Å². The van der Waals surface area contributed by atoms with Crippen LogP contribution >= 0.6 is 0 Å². The third kappa shape index (κ3) is 9.28. The van der Waals surface area contributed by atoms with Crippen LogP contribution < -0.4 is 0 Å². The fourth-order valence-electron chi connectivity index (χ4n) is 0.288. The maximum atomic E-state index is 5.15. The Hall–Kier alpha value is -0.720. The summed E-state index contributed by atoms with van der Waals surface area (Å²) in [4.78, 5) is 0. The van der Waals surface area contributed by atoms with Crippen LogP contribution in [0.4, 0.5) is 0 Å². The molecule has 0 saturated carbocycles. The fourth-order valence-corrected chi connectivity index (χ4v) is 0.288. The molecule has 0 rings (SSSR count). The average molecular weight is 156 g/mol. The van der Waals surface area contributed by atoms with Gasteiger partial charge in [0.1, 0.15) is 0 Å². The minimum atomic E-state index is 0.980. The van der Waals surface area contributed by atoms with Crippen LogP contribution in [0.5, 0.6) is 0 Å². The number of rotatable bonds is 2. The molecule has 0 aromatic rings. The van der Waals surface area contributed by atoms with Crippen molar-refractivity contribution in [2.75, 3.05) is 0 Å². The van der Waals surface area contributed by atoms with E-state index in [0.29, 0.717) is 0 Å². The summed E-state index contributed by atoms with van der Waals surface area (Å²) >= 11 is 0. The van der Waals surface area contributed by atoms with Crippen molar-refractivity contribution in [3.05, 3.63) is 23.7 Å². The van der Waals surface area contributed by atoms with Crippen molar-refractivity contribution >= 4 is 0 Å². The van der Waals surface area contributed by atoms with E-state index in [1.165, 1.54) is 5.57 Å². The lowest BCUT2D eigenvalue weighted by Gasteiger charge is -1.99. The SMILES string of the molecule is C/C=C\OC(C)=C(C)C.CC. The molecule has 0 aromatic carbocycles. The van der Waals surface area contributed by atoms with Gasteiger partial charge in [-0.2, -0.15) is 0 Å². The van der Waals surface area contributed by atoms with Gasteiger partial charge in [-0.1, -0.05) is 19.9 Å². The van der Waals surface area contributed by atoms with E-state index in [1.807, 2.05) is 47.6 Å². The molecule has 0 atom stereocenters. The van der Waals surface area contributed by atoms with Crippen LogP contribution in [-0.2, 0) is 4.74 Å². The zero-order chi connectivity index (χ0) is 9.28. The van der Waals surface area contributed by atoms with Gasteiger partial charge in [0, 0.05) is 0 Å². The molecule has 0 spiro atoms. The van der Waals surface area contributed by atoms with Crippen LogP contribution in [-0.4, -0.2) is 0 Å². The summed E-state index contributed by atoms with van der Waals surface area (Å²) in [6.07, 6.45) is 3.55. The van der Waals surface area contributed by atoms with Gasteiger partial charge < -0.3 is 4.74 Å². The minimum Gasteiger partial charge on any atom is -0.470 e. The maximum absolute atomic E-state index is 5.15. The summed E-state index contributed by atoms with van der Waals surface area (Å²) in [5.74, 6) is 0.980. The van der Waals surface area contributed by atoms with E-state index in [0.717, 1.165) is 5.76 Å². The Morgan fingerprint density at radius 3 is 1.82 bits per heavy atom. The highest BCUT2D eigenvalue weighted by Crippen LogP contribution is 2.02. The Morgan fingerprint density at radius 1 is 1.09 bits per heavy atom. The molecule has 0 fully saturated rings. The van der Waals surface area contributed by atoms with Gasteiger partial charge in [-0.25, -0.2) is 0 Å². The van der Waals surface area contributed by atoms with E-state index in [2.05, 4.69) is 0 Å². The van der Waals surface area contributed by atoms with E-state index in [-0.39, 0.29) is 0 Å². The van der Waals surface area contributed by atoms with Crippen LogP contribution in [0.1, 0.15) is 41.5 Å². The zero-order valence-corrected chi connectivity index (χ0v) is 8.56. The van der Waals surface area contributed by atoms with Crippen molar-refractivity contribution < 1.29 is 4.74 Å². The highest BCUT2D eigenvalue weighted by atomic mass is 16.5. The molecule has 0 heterocycles. The second kappa shape index (κ2) is 9.28. The summed E-state index contributed by atoms with van der Waals surface area (Å²) in [5.41, 5.74) is 1.22.